The summed E-state index contributed by atoms with van der Waals surface area (Å²) in [7, 11) is 2.22. The van der Waals surface area contributed by atoms with Gasteiger partial charge in [0.15, 0.2) is 5.96 Å². The van der Waals surface area contributed by atoms with Crippen molar-refractivity contribution in [2.75, 3.05) is 66.0 Å². The molecule has 0 aromatic heterocycles. The maximum Gasteiger partial charge on any atom is 0.191 e. The molecular weight excluding hydrogens is 360 g/mol. The third-order valence-electron chi connectivity index (χ3n) is 5.92. The number of hydrogen-bond acceptors (Lipinski definition) is 4. The summed E-state index contributed by atoms with van der Waals surface area (Å²) in [5, 5.41) is 6.88. The average Bonchev–Trinajstić information content (AvgIpc) is 3.15. The molecule has 2 fully saturated rings. The molecule has 0 bridgehead atoms. The molecule has 162 valence electrons. The predicted molar refractivity (Wildman–Crippen MR) is 122 cm³/mol. The number of nitrogens with zero attached hydrogens (tertiary/aromatic N) is 4. The second-order valence-corrected chi connectivity index (χ2v) is 8.42. The van der Waals surface area contributed by atoms with Crippen LogP contribution < -0.4 is 10.6 Å². The fourth-order valence-electron chi connectivity index (χ4n) is 4.12. The van der Waals surface area contributed by atoms with Crippen LogP contribution in [0.4, 0.5) is 0 Å². The molecule has 2 aliphatic heterocycles. The van der Waals surface area contributed by atoms with Crippen LogP contribution >= 0.6 is 0 Å². The number of benzene rings is 1. The topological polar surface area (TPSA) is 46.1 Å². The van der Waals surface area contributed by atoms with Gasteiger partial charge in [0, 0.05) is 39.3 Å². The number of guanidine groups is 1. The first-order valence-corrected chi connectivity index (χ1v) is 11.5. The molecule has 0 amide bonds. The van der Waals surface area contributed by atoms with Crippen LogP contribution in [0.5, 0.6) is 0 Å². The summed E-state index contributed by atoms with van der Waals surface area (Å²) in [5.74, 6) is 0.917. The Morgan fingerprint density at radius 1 is 0.862 bits per heavy atom. The standard InChI is InChI=1S/C23H40N6/c1-3-24-23(25-11-16-28-15-6-12-27(2)17-18-28)26-19-21-7-9-22(10-8-21)20-29-13-4-5-14-29/h7-10H,3-6,11-20H2,1-2H3,(H2,24,25,26). The molecule has 0 spiro atoms. The van der Waals surface area contributed by atoms with Crippen molar-refractivity contribution in [2.24, 2.45) is 4.99 Å². The Bertz CT molecular complexity index is 608. The van der Waals surface area contributed by atoms with Crippen molar-refractivity contribution < 1.29 is 0 Å². The summed E-state index contributed by atoms with van der Waals surface area (Å²) in [5.41, 5.74) is 2.68. The molecule has 2 aliphatic rings. The first-order valence-electron chi connectivity index (χ1n) is 11.5. The lowest BCUT2D eigenvalue weighted by molar-refractivity contribution is 0.280. The van der Waals surface area contributed by atoms with Crippen molar-refractivity contribution in [1.29, 1.82) is 0 Å². The number of hydrogen-bond donors (Lipinski definition) is 2. The molecule has 2 heterocycles. The fraction of sp³-hybridized carbons (Fsp3) is 0.696. The number of likely N-dealkylation sites (tertiary alicyclic amines) is 1. The smallest absolute Gasteiger partial charge is 0.191 e. The summed E-state index contributed by atoms with van der Waals surface area (Å²) in [6, 6.07) is 8.98. The van der Waals surface area contributed by atoms with E-state index < -0.39 is 0 Å². The predicted octanol–water partition coefficient (Wildman–Crippen LogP) is 1.98. The molecule has 1 aromatic carbocycles. The van der Waals surface area contributed by atoms with Crippen molar-refractivity contribution >= 4 is 5.96 Å². The minimum Gasteiger partial charge on any atom is -0.357 e. The summed E-state index contributed by atoms with van der Waals surface area (Å²) in [6.45, 7) is 14.0. The highest BCUT2D eigenvalue weighted by Crippen LogP contribution is 2.13. The van der Waals surface area contributed by atoms with Gasteiger partial charge in [0.2, 0.25) is 0 Å². The third-order valence-corrected chi connectivity index (χ3v) is 5.92. The van der Waals surface area contributed by atoms with E-state index in [-0.39, 0.29) is 0 Å². The highest BCUT2D eigenvalue weighted by Gasteiger charge is 2.12. The van der Waals surface area contributed by atoms with E-state index in [0.717, 1.165) is 38.7 Å². The van der Waals surface area contributed by atoms with Gasteiger partial charge in [-0.25, -0.2) is 4.99 Å². The fourth-order valence-corrected chi connectivity index (χ4v) is 4.12. The van der Waals surface area contributed by atoms with Gasteiger partial charge in [-0.2, -0.15) is 0 Å². The van der Waals surface area contributed by atoms with Crippen LogP contribution in [0.2, 0.25) is 0 Å². The van der Waals surface area contributed by atoms with Gasteiger partial charge < -0.3 is 20.4 Å². The summed E-state index contributed by atoms with van der Waals surface area (Å²) >= 11 is 0. The van der Waals surface area contributed by atoms with Crippen LogP contribution in [0.15, 0.2) is 29.3 Å². The average molecular weight is 401 g/mol. The van der Waals surface area contributed by atoms with E-state index in [4.69, 9.17) is 4.99 Å². The van der Waals surface area contributed by atoms with E-state index in [1.54, 1.807) is 0 Å². The van der Waals surface area contributed by atoms with E-state index in [1.165, 1.54) is 63.1 Å². The van der Waals surface area contributed by atoms with E-state index in [1.807, 2.05) is 0 Å². The lowest BCUT2D eigenvalue weighted by Gasteiger charge is -2.21. The lowest BCUT2D eigenvalue weighted by atomic mass is 10.1. The van der Waals surface area contributed by atoms with Gasteiger partial charge in [-0.05, 0) is 70.5 Å². The molecule has 6 nitrogen and oxygen atoms in total. The summed E-state index contributed by atoms with van der Waals surface area (Å²) in [6.07, 6.45) is 3.96. The van der Waals surface area contributed by atoms with Crippen LogP contribution in [0.1, 0.15) is 37.3 Å². The Labute approximate surface area is 177 Å². The normalized spacial score (nSPS) is 20.0. The second kappa shape index (κ2) is 12.2. The molecule has 0 saturated carbocycles. The number of likely N-dealkylation sites (N-methyl/N-ethyl adjacent to an activating group) is 1. The highest BCUT2D eigenvalue weighted by atomic mass is 15.2. The van der Waals surface area contributed by atoms with Crippen LogP contribution in [-0.4, -0.2) is 86.6 Å². The van der Waals surface area contributed by atoms with Gasteiger partial charge in [0.1, 0.15) is 0 Å². The van der Waals surface area contributed by atoms with E-state index in [0.29, 0.717) is 6.54 Å². The monoisotopic (exact) mass is 400 g/mol. The van der Waals surface area contributed by atoms with Gasteiger partial charge in [-0.3, -0.25) is 4.90 Å². The largest absolute Gasteiger partial charge is 0.357 e. The first kappa shape index (κ1) is 22.1. The molecule has 1 aromatic rings. The number of rotatable bonds is 8. The molecule has 0 atom stereocenters. The molecule has 2 N–H and O–H groups in total. The van der Waals surface area contributed by atoms with Crippen molar-refractivity contribution in [3.8, 4) is 0 Å². The molecule has 29 heavy (non-hydrogen) atoms. The zero-order valence-electron chi connectivity index (χ0n) is 18.5. The molecule has 0 unspecified atom stereocenters. The maximum atomic E-state index is 4.79. The Morgan fingerprint density at radius 3 is 2.34 bits per heavy atom. The number of aliphatic imine (C=N–C) groups is 1. The van der Waals surface area contributed by atoms with E-state index >= 15 is 0 Å². The minimum atomic E-state index is 0.716. The Balaban J connectivity index is 1.43. The number of nitrogens with one attached hydrogen (secondary N) is 2. The molecular formula is C23H40N6. The zero-order valence-corrected chi connectivity index (χ0v) is 18.5. The van der Waals surface area contributed by atoms with Crippen LogP contribution in [0.3, 0.4) is 0 Å². The van der Waals surface area contributed by atoms with Crippen LogP contribution in [0.25, 0.3) is 0 Å². The van der Waals surface area contributed by atoms with E-state index in [9.17, 15) is 0 Å². The van der Waals surface area contributed by atoms with Gasteiger partial charge in [0.25, 0.3) is 0 Å². The van der Waals surface area contributed by atoms with Crippen LogP contribution in [-0.2, 0) is 13.1 Å². The SMILES string of the molecule is CCNC(=NCc1ccc(CN2CCCC2)cc1)NCCN1CCCN(C)CC1. The molecule has 0 radical (unpaired) electrons. The van der Waals surface area contributed by atoms with Crippen molar-refractivity contribution in [1.82, 2.24) is 25.3 Å². The van der Waals surface area contributed by atoms with Gasteiger partial charge >= 0.3 is 0 Å². The van der Waals surface area contributed by atoms with E-state index in [2.05, 4.69) is 63.6 Å². The quantitative estimate of drug-likeness (QED) is 0.516. The van der Waals surface area contributed by atoms with Crippen molar-refractivity contribution in [2.45, 2.75) is 39.3 Å². The molecule has 0 aliphatic carbocycles. The Hall–Kier alpha value is -1.63. The molecule has 2 saturated heterocycles. The second-order valence-electron chi connectivity index (χ2n) is 8.42. The van der Waals surface area contributed by atoms with Crippen LogP contribution in [0, 0.1) is 0 Å². The first-order chi connectivity index (χ1) is 14.2. The third kappa shape index (κ3) is 7.96. The van der Waals surface area contributed by atoms with Gasteiger partial charge in [-0.1, -0.05) is 24.3 Å². The highest BCUT2D eigenvalue weighted by molar-refractivity contribution is 5.79. The summed E-state index contributed by atoms with van der Waals surface area (Å²) < 4.78 is 0. The zero-order chi connectivity index (χ0) is 20.3. The van der Waals surface area contributed by atoms with Crippen molar-refractivity contribution in [3.63, 3.8) is 0 Å². The summed E-state index contributed by atoms with van der Waals surface area (Å²) in [4.78, 5) is 12.3. The minimum absolute atomic E-state index is 0.716. The van der Waals surface area contributed by atoms with Crippen molar-refractivity contribution in [3.05, 3.63) is 35.4 Å². The Kier molecular flexibility index (Phi) is 9.25. The molecule has 3 rings (SSSR count). The molecule has 6 heteroatoms. The lowest BCUT2D eigenvalue weighted by Crippen LogP contribution is -2.42. The van der Waals surface area contributed by atoms with Gasteiger partial charge in [0.05, 0.1) is 6.54 Å². The maximum absolute atomic E-state index is 4.79. The van der Waals surface area contributed by atoms with Gasteiger partial charge in [-0.15, -0.1) is 0 Å². The Morgan fingerprint density at radius 2 is 1.59 bits per heavy atom.